The van der Waals surface area contributed by atoms with Crippen molar-refractivity contribution in [1.82, 2.24) is 0 Å². The van der Waals surface area contributed by atoms with Crippen molar-refractivity contribution in [2.24, 2.45) is 11.8 Å². The average molecular weight is 156 g/mol. The molecule has 0 aliphatic rings. The topological polar surface area (TPSA) is 20.2 Å². The molecule has 0 aromatic heterocycles. The molecule has 0 bridgehead atoms. The van der Waals surface area contributed by atoms with Crippen LogP contribution in [0.5, 0.6) is 0 Å². The molecule has 0 aliphatic heterocycles. The van der Waals surface area contributed by atoms with Gasteiger partial charge in [-0.15, -0.1) is 6.58 Å². The van der Waals surface area contributed by atoms with Crippen LogP contribution in [0.15, 0.2) is 12.7 Å². The lowest BCUT2D eigenvalue weighted by molar-refractivity contribution is 0.103. The molecule has 0 aromatic rings. The Morgan fingerprint density at radius 3 is 2.36 bits per heavy atom. The molecule has 1 N–H and O–H groups in total. The zero-order valence-corrected chi connectivity index (χ0v) is 7.88. The summed E-state index contributed by atoms with van der Waals surface area (Å²) in [7, 11) is 0. The highest BCUT2D eigenvalue weighted by molar-refractivity contribution is 4.78. The minimum Gasteiger partial charge on any atom is -0.393 e. The fourth-order valence-corrected chi connectivity index (χ4v) is 1.24. The minimum atomic E-state index is -0.141. The zero-order valence-electron chi connectivity index (χ0n) is 7.88. The van der Waals surface area contributed by atoms with Crippen molar-refractivity contribution in [2.75, 3.05) is 0 Å². The van der Waals surface area contributed by atoms with Crippen molar-refractivity contribution in [1.29, 1.82) is 0 Å². The molecule has 0 radical (unpaired) electrons. The molecular formula is C10H20O. The summed E-state index contributed by atoms with van der Waals surface area (Å²) in [6.45, 7) is 9.95. The van der Waals surface area contributed by atoms with E-state index in [0.717, 1.165) is 12.8 Å². The van der Waals surface area contributed by atoms with E-state index in [1.54, 1.807) is 0 Å². The molecule has 0 spiro atoms. The molecule has 3 atom stereocenters. The predicted molar refractivity (Wildman–Crippen MR) is 49.4 cm³/mol. The van der Waals surface area contributed by atoms with Crippen molar-refractivity contribution in [2.45, 2.75) is 39.7 Å². The van der Waals surface area contributed by atoms with E-state index in [1.807, 2.05) is 13.0 Å². The Labute approximate surface area is 70.1 Å². The molecule has 0 heterocycles. The van der Waals surface area contributed by atoms with Gasteiger partial charge in [0.15, 0.2) is 0 Å². The van der Waals surface area contributed by atoms with Gasteiger partial charge in [-0.1, -0.05) is 26.8 Å². The Balaban J connectivity index is 3.66. The summed E-state index contributed by atoms with van der Waals surface area (Å²) in [5.41, 5.74) is 0. The molecule has 0 saturated heterocycles. The monoisotopic (exact) mass is 156 g/mol. The lowest BCUT2D eigenvalue weighted by atomic mass is 9.92. The molecule has 0 aliphatic carbocycles. The van der Waals surface area contributed by atoms with Gasteiger partial charge in [0.25, 0.3) is 0 Å². The first-order valence-corrected chi connectivity index (χ1v) is 4.42. The summed E-state index contributed by atoms with van der Waals surface area (Å²) < 4.78 is 0. The van der Waals surface area contributed by atoms with Gasteiger partial charge in [0.2, 0.25) is 0 Å². The standard InChI is InChI=1S/C10H20O/c1-5-8(3)7-9(4)10(11)6-2/h5,8-11H,1,6-7H2,2-4H3. The van der Waals surface area contributed by atoms with Gasteiger partial charge in [-0.2, -0.15) is 0 Å². The number of hydrogen-bond donors (Lipinski definition) is 1. The lowest BCUT2D eigenvalue weighted by Gasteiger charge is -2.19. The Kier molecular flexibility index (Phi) is 5.22. The number of aliphatic hydroxyl groups is 1. The highest BCUT2D eigenvalue weighted by Crippen LogP contribution is 2.17. The normalized spacial score (nSPS) is 18.9. The molecule has 3 unspecified atom stereocenters. The van der Waals surface area contributed by atoms with Crippen LogP contribution in [0, 0.1) is 11.8 Å². The Bertz CT molecular complexity index is 109. The second kappa shape index (κ2) is 5.36. The first kappa shape index (κ1) is 10.7. The molecule has 11 heavy (non-hydrogen) atoms. The summed E-state index contributed by atoms with van der Waals surface area (Å²) in [5, 5.41) is 9.44. The highest BCUT2D eigenvalue weighted by atomic mass is 16.3. The average Bonchev–Trinajstić information content (AvgIpc) is 2.02. The fraction of sp³-hybridized carbons (Fsp3) is 0.800. The minimum absolute atomic E-state index is 0.141. The summed E-state index contributed by atoms with van der Waals surface area (Å²) in [4.78, 5) is 0. The van der Waals surface area contributed by atoms with Crippen LogP contribution in [-0.2, 0) is 0 Å². The van der Waals surface area contributed by atoms with E-state index in [0.29, 0.717) is 11.8 Å². The molecule has 0 saturated carbocycles. The predicted octanol–water partition coefficient (Wildman–Crippen LogP) is 2.61. The number of aliphatic hydroxyl groups excluding tert-OH is 1. The zero-order chi connectivity index (χ0) is 8.85. The molecule has 0 rings (SSSR count). The third-order valence-corrected chi connectivity index (χ3v) is 2.22. The van der Waals surface area contributed by atoms with Gasteiger partial charge in [0, 0.05) is 0 Å². The van der Waals surface area contributed by atoms with Crippen LogP contribution < -0.4 is 0 Å². The Hall–Kier alpha value is -0.300. The van der Waals surface area contributed by atoms with Crippen molar-refractivity contribution in [3.05, 3.63) is 12.7 Å². The van der Waals surface area contributed by atoms with E-state index < -0.39 is 0 Å². The molecule has 0 amide bonds. The smallest absolute Gasteiger partial charge is 0.0563 e. The van der Waals surface area contributed by atoms with Gasteiger partial charge in [-0.25, -0.2) is 0 Å². The number of rotatable bonds is 5. The first-order chi connectivity index (χ1) is 5.11. The molecule has 1 heteroatoms. The van der Waals surface area contributed by atoms with Crippen molar-refractivity contribution >= 4 is 0 Å². The van der Waals surface area contributed by atoms with E-state index in [9.17, 15) is 5.11 Å². The first-order valence-electron chi connectivity index (χ1n) is 4.42. The van der Waals surface area contributed by atoms with Crippen LogP contribution in [0.4, 0.5) is 0 Å². The molecule has 66 valence electrons. The van der Waals surface area contributed by atoms with Crippen LogP contribution >= 0.6 is 0 Å². The maximum Gasteiger partial charge on any atom is 0.0563 e. The number of allylic oxidation sites excluding steroid dienone is 1. The summed E-state index contributed by atoms with van der Waals surface area (Å²) in [6, 6.07) is 0. The van der Waals surface area contributed by atoms with Crippen LogP contribution in [0.1, 0.15) is 33.6 Å². The highest BCUT2D eigenvalue weighted by Gasteiger charge is 2.13. The van der Waals surface area contributed by atoms with Crippen LogP contribution in [0.3, 0.4) is 0 Å². The van der Waals surface area contributed by atoms with Gasteiger partial charge in [-0.05, 0) is 24.7 Å². The summed E-state index contributed by atoms with van der Waals surface area (Å²) >= 11 is 0. The number of hydrogen-bond acceptors (Lipinski definition) is 1. The Morgan fingerprint density at radius 1 is 1.45 bits per heavy atom. The maximum atomic E-state index is 9.44. The Morgan fingerprint density at radius 2 is 2.00 bits per heavy atom. The van der Waals surface area contributed by atoms with E-state index in [1.165, 1.54) is 0 Å². The van der Waals surface area contributed by atoms with Crippen LogP contribution in [-0.4, -0.2) is 11.2 Å². The molecule has 0 aromatic carbocycles. The third kappa shape index (κ3) is 4.20. The van der Waals surface area contributed by atoms with Gasteiger partial charge in [-0.3, -0.25) is 0 Å². The van der Waals surface area contributed by atoms with Gasteiger partial charge in [0.05, 0.1) is 6.10 Å². The van der Waals surface area contributed by atoms with Crippen molar-refractivity contribution in [3.8, 4) is 0 Å². The largest absolute Gasteiger partial charge is 0.393 e. The van der Waals surface area contributed by atoms with Crippen molar-refractivity contribution in [3.63, 3.8) is 0 Å². The van der Waals surface area contributed by atoms with Gasteiger partial charge in [0.1, 0.15) is 0 Å². The van der Waals surface area contributed by atoms with Gasteiger partial charge >= 0.3 is 0 Å². The van der Waals surface area contributed by atoms with Crippen LogP contribution in [0.25, 0.3) is 0 Å². The van der Waals surface area contributed by atoms with E-state index in [4.69, 9.17) is 0 Å². The van der Waals surface area contributed by atoms with E-state index in [2.05, 4.69) is 20.4 Å². The van der Waals surface area contributed by atoms with Crippen LogP contribution in [0.2, 0.25) is 0 Å². The quantitative estimate of drug-likeness (QED) is 0.607. The summed E-state index contributed by atoms with van der Waals surface area (Å²) in [6.07, 6.45) is 3.69. The van der Waals surface area contributed by atoms with Crippen molar-refractivity contribution < 1.29 is 5.11 Å². The van der Waals surface area contributed by atoms with Gasteiger partial charge < -0.3 is 5.11 Å². The molecule has 0 fully saturated rings. The SMILES string of the molecule is C=CC(C)CC(C)C(O)CC. The lowest BCUT2D eigenvalue weighted by Crippen LogP contribution is -2.18. The maximum absolute atomic E-state index is 9.44. The van der Waals surface area contributed by atoms with E-state index >= 15 is 0 Å². The molecule has 1 nitrogen and oxygen atoms in total. The second-order valence-corrected chi connectivity index (χ2v) is 3.40. The van der Waals surface area contributed by atoms with E-state index in [-0.39, 0.29) is 6.10 Å². The summed E-state index contributed by atoms with van der Waals surface area (Å²) in [5.74, 6) is 0.916. The fourth-order valence-electron chi connectivity index (χ4n) is 1.24. The second-order valence-electron chi connectivity index (χ2n) is 3.40. The third-order valence-electron chi connectivity index (χ3n) is 2.22. The molecular weight excluding hydrogens is 136 g/mol.